The van der Waals surface area contributed by atoms with Crippen LogP contribution in [-0.4, -0.2) is 23.8 Å². The summed E-state index contributed by atoms with van der Waals surface area (Å²) >= 11 is 0. The van der Waals surface area contributed by atoms with E-state index in [1.54, 1.807) is 0 Å². The molecule has 2 heterocycles. The van der Waals surface area contributed by atoms with E-state index < -0.39 is 0 Å². The molecule has 0 aromatic heterocycles. The Morgan fingerprint density at radius 3 is 2.08 bits per heavy atom. The normalized spacial score (nSPS) is 49.0. The molecular weight excluding hydrogens is 156 g/mol. The zero-order valence-electron chi connectivity index (χ0n) is 6.40. The summed E-state index contributed by atoms with van der Waals surface area (Å²) in [6.45, 7) is 0. The lowest BCUT2D eigenvalue weighted by Crippen LogP contribution is -2.26. The van der Waals surface area contributed by atoms with Gasteiger partial charge in [-0.1, -0.05) is 12.2 Å². The summed E-state index contributed by atoms with van der Waals surface area (Å²) in [7, 11) is 0. The molecule has 0 spiro atoms. The lowest BCUT2D eigenvalue weighted by Gasteiger charge is -2.12. The van der Waals surface area contributed by atoms with Crippen LogP contribution < -0.4 is 0 Å². The fourth-order valence-electron chi connectivity index (χ4n) is 2.48. The fraction of sp³-hybridized carbons (Fsp3) is 0.556. The van der Waals surface area contributed by atoms with Crippen LogP contribution in [0.3, 0.4) is 0 Å². The molecule has 1 saturated carbocycles. The van der Waals surface area contributed by atoms with Gasteiger partial charge in [0.2, 0.25) is 0 Å². The van der Waals surface area contributed by atoms with Crippen molar-refractivity contribution in [1.29, 1.82) is 0 Å². The Bertz CT molecular complexity index is 277. The van der Waals surface area contributed by atoms with E-state index in [1.165, 1.54) is 0 Å². The molecule has 62 valence electrons. The van der Waals surface area contributed by atoms with E-state index in [4.69, 9.17) is 4.74 Å². The first-order chi connectivity index (χ1) is 5.77. The van der Waals surface area contributed by atoms with Crippen molar-refractivity contribution >= 4 is 11.6 Å². The molecule has 4 atom stereocenters. The summed E-state index contributed by atoms with van der Waals surface area (Å²) in [5.41, 5.74) is 0. The first kappa shape index (κ1) is 6.54. The minimum Gasteiger partial charge on any atom is -0.365 e. The second kappa shape index (κ2) is 1.85. The molecule has 0 aromatic rings. The van der Waals surface area contributed by atoms with E-state index in [-0.39, 0.29) is 42.0 Å². The largest absolute Gasteiger partial charge is 0.365 e. The molecule has 3 heteroatoms. The number of rotatable bonds is 0. The van der Waals surface area contributed by atoms with Crippen LogP contribution >= 0.6 is 0 Å². The molecular formula is C9H8O3. The average molecular weight is 164 g/mol. The third kappa shape index (κ3) is 0.569. The van der Waals surface area contributed by atoms with Crippen LogP contribution in [0.1, 0.15) is 6.42 Å². The Balaban J connectivity index is 2.08. The van der Waals surface area contributed by atoms with Crippen LogP contribution in [0.15, 0.2) is 12.2 Å². The SMILES string of the molecule is O=C1CC(=O)[C@H]2C3C=CC(O3)[C@@H]12. The molecule has 12 heavy (non-hydrogen) atoms. The fourth-order valence-corrected chi connectivity index (χ4v) is 2.48. The van der Waals surface area contributed by atoms with Gasteiger partial charge in [-0.15, -0.1) is 0 Å². The Kier molecular flexibility index (Phi) is 1.01. The van der Waals surface area contributed by atoms with E-state index in [2.05, 4.69) is 0 Å². The quantitative estimate of drug-likeness (QED) is 0.376. The van der Waals surface area contributed by atoms with Crippen LogP contribution in [0.2, 0.25) is 0 Å². The highest BCUT2D eigenvalue weighted by atomic mass is 16.5. The van der Waals surface area contributed by atoms with Crippen LogP contribution in [0.4, 0.5) is 0 Å². The molecule has 3 aliphatic rings. The molecule has 0 aromatic carbocycles. The van der Waals surface area contributed by atoms with Crippen molar-refractivity contribution < 1.29 is 14.3 Å². The van der Waals surface area contributed by atoms with Gasteiger partial charge in [0.1, 0.15) is 11.6 Å². The highest BCUT2D eigenvalue weighted by molar-refractivity contribution is 6.10. The van der Waals surface area contributed by atoms with Gasteiger partial charge in [0.25, 0.3) is 0 Å². The van der Waals surface area contributed by atoms with Crippen molar-refractivity contribution in [1.82, 2.24) is 0 Å². The predicted molar refractivity (Wildman–Crippen MR) is 39.4 cm³/mol. The number of hydrogen-bond donors (Lipinski definition) is 0. The molecule has 1 saturated heterocycles. The maximum Gasteiger partial charge on any atom is 0.147 e. The third-order valence-corrected chi connectivity index (χ3v) is 2.99. The Hall–Kier alpha value is -0.960. The summed E-state index contributed by atoms with van der Waals surface area (Å²) in [4.78, 5) is 22.6. The van der Waals surface area contributed by atoms with Crippen LogP contribution in [0.5, 0.6) is 0 Å². The van der Waals surface area contributed by atoms with E-state index in [9.17, 15) is 9.59 Å². The number of carbonyl (C=O) groups excluding carboxylic acids is 2. The molecule has 3 rings (SSSR count). The van der Waals surface area contributed by atoms with Gasteiger partial charge >= 0.3 is 0 Å². The van der Waals surface area contributed by atoms with Crippen LogP contribution in [0.25, 0.3) is 0 Å². The number of ketones is 2. The molecule has 0 amide bonds. The van der Waals surface area contributed by atoms with Gasteiger partial charge in [0.05, 0.1) is 30.5 Å². The molecule has 3 nitrogen and oxygen atoms in total. The first-order valence-electron chi connectivity index (χ1n) is 4.16. The number of fused-ring (bicyclic) bond motifs is 5. The molecule has 2 fully saturated rings. The number of carbonyl (C=O) groups is 2. The van der Waals surface area contributed by atoms with E-state index in [0.717, 1.165) is 0 Å². The van der Waals surface area contributed by atoms with Crippen molar-refractivity contribution in [3.8, 4) is 0 Å². The maximum atomic E-state index is 11.3. The van der Waals surface area contributed by atoms with Gasteiger partial charge in [-0.25, -0.2) is 0 Å². The minimum absolute atomic E-state index is 0.0712. The van der Waals surface area contributed by atoms with Gasteiger partial charge in [-0.2, -0.15) is 0 Å². The summed E-state index contributed by atoms with van der Waals surface area (Å²) in [6.07, 6.45) is 3.75. The van der Waals surface area contributed by atoms with E-state index in [1.807, 2.05) is 12.2 Å². The number of ether oxygens (including phenoxy) is 1. The molecule has 0 radical (unpaired) electrons. The Labute approximate surface area is 69.4 Å². The van der Waals surface area contributed by atoms with Gasteiger partial charge in [-0.05, 0) is 0 Å². The molecule has 0 N–H and O–H groups in total. The van der Waals surface area contributed by atoms with Gasteiger partial charge in [0.15, 0.2) is 0 Å². The molecule has 2 unspecified atom stereocenters. The van der Waals surface area contributed by atoms with E-state index >= 15 is 0 Å². The standard InChI is InChI=1S/C9H8O3/c10-4-3-5(11)9-7-2-1-6(12-7)8(4)9/h1-2,6-9H,3H2/t6?,7?,8-,9+. The van der Waals surface area contributed by atoms with E-state index in [0.29, 0.717) is 0 Å². The zero-order valence-corrected chi connectivity index (χ0v) is 6.40. The highest BCUT2D eigenvalue weighted by Gasteiger charge is 2.56. The summed E-state index contributed by atoms with van der Waals surface area (Å²) < 4.78 is 5.43. The summed E-state index contributed by atoms with van der Waals surface area (Å²) in [5, 5.41) is 0. The van der Waals surface area contributed by atoms with Gasteiger partial charge in [-0.3, -0.25) is 9.59 Å². The highest BCUT2D eigenvalue weighted by Crippen LogP contribution is 2.44. The average Bonchev–Trinajstić information content (AvgIpc) is 2.64. The first-order valence-corrected chi connectivity index (χ1v) is 4.16. The topological polar surface area (TPSA) is 43.4 Å². The van der Waals surface area contributed by atoms with Crippen molar-refractivity contribution in [2.24, 2.45) is 11.8 Å². The van der Waals surface area contributed by atoms with Crippen LogP contribution in [0, 0.1) is 11.8 Å². The van der Waals surface area contributed by atoms with Crippen molar-refractivity contribution in [2.45, 2.75) is 18.6 Å². The summed E-state index contributed by atoms with van der Waals surface area (Å²) in [5.74, 6) is -0.149. The molecule has 2 bridgehead atoms. The van der Waals surface area contributed by atoms with Crippen molar-refractivity contribution in [2.75, 3.05) is 0 Å². The third-order valence-electron chi connectivity index (χ3n) is 2.99. The van der Waals surface area contributed by atoms with Gasteiger partial charge in [0, 0.05) is 0 Å². The second-order valence-corrected chi connectivity index (χ2v) is 3.61. The predicted octanol–water partition coefficient (Wildman–Crippen LogP) is 0.0979. The zero-order chi connectivity index (χ0) is 8.29. The Morgan fingerprint density at radius 1 is 1.08 bits per heavy atom. The molecule has 2 aliphatic heterocycles. The van der Waals surface area contributed by atoms with Crippen LogP contribution in [-0.2, 0) is 14.3 Å². The summed E-state index contributed by atoms with van der Waals surface area (Å²) in [6, 6.07) is 0. The lowest BCUT2D eigenvalue weighted by atomic mass is 9.85. The smallest absolute Gasteiger partial charge is 0.147 e. The van der Waals surface area contributed by atoms with Crippen molar-refractivity contribution in [3.05, 3.63) is 12.2 Å². The monoisotopic (exact) mass is 164 g/mol. The number of Topliss-reactive ketones (excluding diaryl/α,β-unsaturated/α-hetero) is 2. The lowest BCUT2D eigenvalue weighted by molar-refractivity contribution is -0.125. The number of hydrogen-bond acceptors (Lipinski definition) is 3. The van der Waals surface area contributed by atoms with Crippen molar-refractivity contribution in [3.63, 3.8) is 0 Å². The van der Waals surface area contributed by atoms with Gasteiger partial charge < -0.3 is 4.74 Å². The second-order valence-electron chi connectivity index (χ2n) is 3.61. The minimum atomic E-state index is -0.146. The molecule has 1 aliphatic carbocycles. The maximum absolute atomic E-state index is 11.3. The Morgan fingerprint density at radius 2 is 1.58 bits per heavy atom.